The van der Waals surface area contributed by atoms with Crippen molar-refractivity contribution in [3.63, 3.8) is 0 Å². The van der Waals surface area contributed by atoms with Crippen LogP contribution in [0.4, 0.5) is 0 Å². The molecule has 0 amide bonds. The van der Waals surface area contributed by atoms with Crippen molar-refractivity contribution in [2.24, 2.45) is 4.99 Å². The maximum atomic E-state index is 13.9. The number of hydrogen-bond acceptors (Lipinski definition) is 6. The average molecular weight is 622 g/mol. The first-order valence-corrected chi connectivity index (χ1v) is 13.7. The molecule has 0 saturated heterocycles. The minimum atomic E-state index is -0.272. The fourth-order valence-electron chi connectivity index (χ4n) is 5.12. The number of thiazole rings is 1. The molecule has 2 aliphatic rings. The summed E-state index contributed by atoms with van der Waals surface area (Å²) in [6.07, 6.45) is 3.57. The molecule has 1 aromatic heterocycles. The summed E-state index contributed by atoms with van der Waals surface area (Å²) in [5.41, 5.74) is 6.19. The predicted octanol–water partition coefficient (Wildman–Crippen LogP) is 4.65. The molecule has 0 spiro atoms. The summed E-state index contributed by atoms with van der Waals surface area (Å²) in [4.78, 5) is 19.7. The van der Waals surface area contributed by atoms with Crippen LogP contribution < -0.4 is 24.4 Å². The van der Waals surface area contributed by atoms with Gasteiger partial charge in [-0.1, -0.05) is 47.7 Å². The third-order valence-electron chi connectivity index (χ3n) is 6.85. The van der Waals surface area contributed by atoms with Crippen LogP contribution in [-0.2, 0) is 6.42 Å². The van der Waals surface area contributed by atoms with Gasteiger partial charge in [0.1, 0.15) is 5.75 Å². The van der Waals surface area contributed by atoms with Crippen LogP contribution in [0.1, 0.15) is 34.7 Å². The number of aromatic nitrogens is 1. The van der Waals surface area contributed by atoms with Gasteiger partial charge in [-0.2, -0.15) is 0 Å². The number of rotatable bonds is 4. The topological polar surface area (TPSA) is 73.1 Å². The smallest absolute Gasteiger partial charge is 0.271 e. The monoisotopic (exact) mass is 622 g/mol. The lowest BCUT2D eigenvalue weighted by atomic mass is 9.83. The fraction of sp³-hybridized carbons (Fsp3) is 0.172. The van der Waals surface area contributed by atoms with Gasteiger partial charge in [-0.25, -0.2) is 4.99 Å². The minimum absolute atomic E-state index is 0.0890. The van der Waals surface area contributed by atoms with Gasteiger partial charge in [0, 0.05) is 5.56 Å². The van der Waals surface area contributed by atoms with Gasteiger partial charge in [-0.05, 0) is 88.0 Å². The largest absolute Gasteiger partial charge is 0.504 e. The molecule has 1 aliphatic heterocycles. The van der Waals surface area contributed by atoms with E-state index in [-0.39, 0.29) is 17.4 Å². The standard InChI is InChI=1S/C29H23IN2O4S/c1-35-19-8-5-7-18(15-19)26-21-11-10-17-6-3-4-9-20(17)25(21)31-29-32(26)28(34)24(37-29)14-16-12-22(30)27(33)23(13-16)36-2/h3-9,12-15,26,33H,10-11H2,1-2H3/b24-14-/t26-/m0/s1. The van der Waals surface area contributed by atoms with E-state index < -0.39 is 0 Å². The van der Waals surface area contributed by atoms with Crippen molar-refractivity contribution in [1.29, 1.82) is 0 Å². The molecule has 0 unspecified atom stereocenters. The number of ether oxygens (including phenoxy) is 2. The number of phenols is 1. The number of benzene rings is 3. The summed E-state index contributed by atoms with van der Waals surface area (Å²) >= 11 is 3.44. The molecule has 2 heterocycles. The second kappa shape index (κ2) is 9.50. The highest BCUT2D eigenvalue weighted by atomic mass is 127. The zero-order valence-electron chi connectivity index (χ0n) is 20.2. The lowest BCUT2D eigenvalue weighted by molar-refractivity contribution is 0.371. The van der Waals surface area contributed by atoms with Crippen LogP contribution in [-0.4, -0.2) is 23.9 Å². The van der Waals surface area contributed by atoms with Crippen molar-refractivity contribution in [2.75, 3.05) is 14.2 Å². The zero-order valence-corrected chi connectivity index (χ0v) is 23.2. The summed E-state index contributed by atoms with van der Waals surface area (Å²) in [6, 6.07) is 19.6. The molecule has 4 aromatic rings. The van der Waals surface area contributed by atoms with E-state index in [9.17, 15) is 9.90 Å². The van der Waals surface area contributed by atoms with E-state index in [1.54, 1.807) is 13.2 Å². The van der Waals surface area contributed by atoms with Gasteiger partial charge >= 0.3 is 0 Å². The first kappa shape index (κ1) is 24.0. The van der Waals surface area contributed by atoms with Crippen LogP contribution in [0.3, 0.4) is 0 Å². The van der Waals surface area contributed by atoms with Crippen molar-refractivity contribution < 1.29 is 14.6 Å². The van der Waals surface area contributed by atoms with Crippen molar-refractivity contribution in [2.45, 2.75) is 18.9 Å². The van der Waals surface area contributed by atoms with E-state index in [1.807, 2.05) is 47.0 Å². The number of aryl methyl sites for hydroxylation is 1. The molecule has 0 bridgehead atoms. The molecular formula is C29H23IN2O4S. The Labute approximate surface area is 231 Å². The molecule has 1 aliphatic carbocycles. The van der Waals surface area contributed by atoms with Crippen LogP contribution in [0.25, 0.3) is 11.8 Å². The molecule has 6 nitrogen and oxygen atoms in total. The fourth-order valence-corrected chi connectivity index (χ4v) is 6.74. The molecule has 37 heavy (non-hydrogen) atoms. The van der Waals surface area contributed by atoms with Crippen molar-refractivity contribution in [1.82, 2.24) is 4.57 Å². The molecule has 186 valence electrons. The van der Waals surface area contributed by atoms with Crippen molar-refractivity contribution in [3.05, 3.63) is 112 Å². The third kappa shape index (κ3) is 4.08. The number of nitrogens with zero attached hydrogens (tertiary/aromatic N) is 2. The highest BCUT2D eigenvalue weighted by molar-refractivity contribution is 14.1. The summed E-state index contributed by atoms with van der Waals surface area (Å²) in [5.74, 6) is 1.21. The average Bonchev–Trinajstić information content (AvgIpc) is 3.23. The molecule has 6 rings (SSSR count). The quantitative estimate of drug-likeness (QED) is 0.337. The molecular weight excluding hydrogens is 599 g/mol. The van der Waals surface area contributed by atoms with Crippen LogP contribution in [0.2, 0.25) is 0 Å². The Hall–Kier alpha value is -3.37. The Kier molecular flexibility index (Phi) is 6.16. The van der Waals surface area contributed by atoms with Gasteiger partial charge in [-0.3, -0.25) is 9.36 Å². The molecule has 0 fully saturated rings. The first-order chi connectivity index (χ1) is 18.0. The number of aromatic hydroxyl groups is 1. The summed E-state index contributed by atoms with van der Waals surface area (Å²) in [6.45, 7) is 0. The van der Waals surface area contributed by atoms with Crippen LogP contribution >= 0.6 is 33.9 Å². The van der Waals surface area contributed by atoms with Gasteiger partial charge < -0.3 is 14.6 Å². The minimum Gasteiger partial charge on any atom is -0.504 e. The molecule has 0 saturated carbocycles. The second-order valence-corrected chi connectivity index (χ2v) is 11.1. The Morgan fingerprint density at radius 2 is 1.92 bits per heavy atom. The number of phenolic OH excluding ortho intramolecular Hbond substituents is 1. The number of fused-ring (bicyclic) bond motifs is 3. The Bertz CT molecular complexity index is 1770. The van der Waals surface area contributed by atoms with Gasteiger partial charge in [0.05, 0.1) is 34.1 Å². The van der Waals surface area contributed by atoms with Crippen LogP contribution in [0, 0.1) is 3.57 Å². The number of halogens is 1. The second-order valence-electron chi connectivity index (χ2n) is 8.94. The maximum absolute atomic E-state index is 13.9. The van der Waals surface area contributed by atoms with Crippen molar-refractivity contribution in [3.8, 4) is 17.2 Å². The van der Waals surface area contributed by atoms with E-state index in [0.717, 1.165) is 46.6 Å². The lowest BCUT2D eigenvalue weighted by Gasteiger charge is -2.31. The zero-order chi connectivity index (χ0) is 25.7. The van der Waals surface area contributed by atoms with Gasteiger partial charge in [0.2, 0.25) is 0 Å². The van der Waals surface area contributed by atoms with Gasteiger partial charge in [0.15, 0.2) is 16.3 Å². The van der Waals surface area contributed by atoms with Crippen molar-refractivity contribution >= 4 is 45.7 Å². The summed E-state index contributed by atoms with van der Waals surface area (Å²) in [7, 11) is 3.17. The molecule has 8 heteroatoms. The first-order valence-electron chi connectivity index (χ1n) is 11.8. The SMILES string of the molecule is COc1cccc([C@H]2C3=C(N=c4s/c(=C\c5cc(I)c(O)c(OC)c5)c(=O)n42)c2ccccc2CC3)c1. The Morgan fingerprint density at radius 3 is 2.73 bits per heavy atom. The van der Waals surface area contributed by atoms with E-state index >= 15 is 0 Å². The van der Waals surface area contributed by atoms with Crippen LogP contribution in [0.5, 0.6) is 17.2 Å². The van der Waals surface area contributed by atoms with Gasteiger partial charge in [0.25, 0.3) is 5.56 Å². The number of allylic oxidation sites excluding steroid dienone is 1. The number of methoxy groups -OCH3 is 2. The lowest BCUT2D eigenvalue weighted by Crippen LogP contribution is -2.38. The third-order valence-corrected chi connectivity index (χ3v) is 8.66. The molecule has 1 N–H and O–H groups in total. The maximum Gasteiger partial charge on any atom is 0.271 e. The van der Waals surface area contributed by atoms with Crippen LogP contribution in [0.15, 0.2) is 76.0 Å². The van der Waals surface area contributed by atoms with E-state index in [1.165, 1.54) is 24.0 Å². The van der Waals surface area contributed by atoms with Gasteiger partial charge in [-0.15, -0.1) is 0 Å². The van der Waals surface area contributed by atoms with E-state index in [2.05, 4.69) is 40.8 Å². The summed E-state index contributed by atoms with van der Waals surface area (Å²) in [5, 5.41) is 10.2. The van der Waals surface area contributed by atoms with E-state index in [0.29, 0.717) is 18.7 Å². The highest BCUT2D eigenvalue weighted by Crippen LogP contribution is 2.41. The summed E-state index contributed by atoms with van der Waals surface area (Å²) < 4.78 is 13.9. The molecule has 0 radical (unpaired) electrons. The van der Waals surface area contributed by atoms with E-state index in [4.69, 9.17) is 14.5 Å². The predicted molar refractivity (Wildman–Crippen MR) is 153 cm³/mol. The Balaban J connectivity index is 1.61. The molecule has 1 atom stereocenters. The highest BCUT2D eigenvalue weighted by Gasteiger charge is 2.32. The Morgan fingerprint density at radius 1 is 1.08 bits per heavy atom. The normalized spacial score (nSPS) is 16.5. The number of hydrogen-bond donors (Lipinski definition) is 1. The molecule has 3 aromatic carbocycles.